The van der Waals surface area contributed by atoms with E-state index in [-0.39, 0.29) is 22.0 Å². The molecule has 2 heterocycles. The molecule has 0 aliphatic carbocycles. The minimum absolute atomic E-state index is 0.0826. The summed E-state index contributed by atoms with van der Waals surface area (Å²) in [5.41, 5.74) is 0.913. The molecule has 11 heteroatoms. The minimum Gasteiger partial charge on any atom is -0.428 e. The quantitative estimate of drug-likeness (QED) is 0.226. The maximum Gasteiger partial charge on any atom is 0.214 e. The lowest BCUT2D eigenvalue weighted by atomic mass is 10.1. The summed E-state index contributed by atoms with van der Waals surface area (Å²) in [6, 6.07) is 7.39. The van der Waals surface area contributed by atoms with Crippen LogP contribution in [0.2, 0.25) is 0 Å². The first kappa shape index (κ1) is 20.2. The Morgan fingerprint density at radius 2 is 1.20 bits per heavy atom. The lowest BCUT2D eigenvalue weighted by molar-refractivity contribution is 0.160. The predicted molar refractivity (Wildman–Crippen MR) is 103 cm³/mol. The van der Waals surface area contributed by atoms with E-state index in [1.165, 1.54) is 18.5 Å². The standard InChI is InChI=1S/C19H11F4N3O2S2/c20-13-1-10(2-14(21)6-13)12-5-18(25(27)8-12)29-30-19-24-17(9-26(19)28)11-3-15(22)7-16(23)4-11/h1-9,27-28H. The number of hydrogen-bond donors (Lipinski definition) is 2. The second-order valence-corrected chi connectivity index (χ2v) is 8.26. The van der Waals surface area contributed by atoms with Crippen LogP contribution < -0.4 is 0 Å². The van der Waals surface area contributed by atoms with Crippen molar-refractivity contribution in [3.8, 4) is 22.4 Å². The van der Waals surface area contributed by atoms with E-state index >= 15 is 0 Å². The summed E-state index contributed by atoms with van der Waals surface area (Å²) in [5, 5.41) is 20.4. The molecule has 0 amide bonds. The Hall–Kier alpha value is -3.05. The fraction of sp³-hybridized carbons (Fsp3) is 0. The van der Waals surface area contributed by atoms with Gasteiger partial charge in [0.2, 0.25) is 5.16 Å². The van der Waals surface area contributed by atoms with Gasteiger partial charge in [0.25, 0.3) is 0 Å². The molecular weight excluding hydrogens is 442 g/mol. The number of hydrogen-bond acceptors (Lipinski definition) is 5. The SMILES string of the molecule is On1cc(-c2cc(F)cc(F)c2)cc1SSc1nc(-c2cc(F)cc(F)c2)cn1O. The van der Waals surface area contributed by atoms with Crippen LogP contribution >= 0.6 is 21.6 Å². The Morgan fingerprint density at radius 3 is 1.80 bits per heavy atom. The van der Waals surface area contributed by atoms with Gasteiger partial charge >= 0.3 is 0 Å². The molecule has 0 radical (unpaired) electrons. The van der Waals surface area contributed by atoms with Gasteiger partial charge in [-0.25, -0.2) is 22.5 Å². The van der Waals surface area contributed by atoms with Crippen LogP contribution in [0, 0.1) is 23.3 Å². The average Bonchev–Trinajstić information content (AvgIpc) is 3.21. The van der Waals surface area contributed by atoms with Crippen molar-refractivity contribution < 1.29 is 28.0 Å². The van der Waals surface area contributed by atoms with E-state index in [0.717, 1.165) is 62.7 Å². The van der Waals surface area contributed by atoms with Crippen molar-refractivity contribution in [1.29, 1.82) is 0 Å². The van der Waals surface area contributed by atoms with E-state index < -0.39 is 23.3 Å². The number of imidazole rings is 1. The van der Waals surface area contributed by atoms with Gasteiger partial charge in [0.15, 0.2) is 0 Å². The third kappa shape index (κ3) is 4.26. The number of aromatic nitrogens is 3. The molecule has 0 fully saturated rings. The summed E-state index contributed by atoms with van der Waals surface area (Å²) in [6.07, 6.45) is 2.47. The van der Waals surface area contributed by atoms with Crippen LogP contribution in [0.25, 0.3) is 22.4 Å². The normalized spacial score (nSPS) is 11.2. The van der Waals surface area contributed by atoms with Crippen molar-refractivity contribution in [3.63, 3.8) is 0 Å². The Morgan fingerprint density at radius 1 is 0.633 bits per heavy atom. The second kappa shape index (κ2) is 8.00. The van der Waals surface area contributed by atoms with Gasteiger partial charge in [0, 0.05) is 23.3 Å². The van der Waals surface area contributed by atoms with E-state index in [0.29, 0.717) is 15.3 Å². The molecule has 154 valence electrons. The van der Waals surface area contributed by atoms with Crippen LogP contribution in [0.1, 0.15) is 0 Å². The van der Waals surface area contributed by atoms with Crippen molar-refractivity contribution in [2.45, 2.75) is 10.2 Å². The molecule has 0 saturated carbocycles. The van der Waals surface area contributed by atoms with Crippen molar-refractivity contribution in [1.82, 2.24) is 14.4 Å². The predicted octanol–water partition coefficient (Wildman–Crippen LogP) is 5.85. The number of rotatable bonds is 5. The van der Waals surface area contributed by atoms with Gasteiger partial charge < -0.3 is 10.4 Å². The lowest BCUT2D eigenvalue weighted by Gasteiger charge is -2.00. The van der Waals surface area contributed by atoms with Crippen LogP contribution in [0.5, 0.6) is 0 Å². The van der Waals surface area contributed by atoms with Crippen LogP contribution in [0.3, 0.4) is 0 Å². The lowest BCUT2D eigenvalue weighted by Crippen LogP contribution is -1.90. The molecule has 0 spiro atoms. The van der Waals surface area contributed by atoms with Gasteiger partial charge in [0.1, 0.15) is 28.3 Å². The molecule has 0 bridgehead atoms. The molecule has 2 aromatic carbocycles. The highest BCUT2D eigenvalue weighted by molar-refractivity contribution is 8.76. The molecule has 4 aromatic rings. The summed E-state index contributed by atoms with van der Waals surface area (Å²) >= 11 is 0. The summed E-state index contributed by atoms with van der Waals surface area (Å²) in [4.78, 5) is 4.13. The summed E-state index contributed by atoms with van der Waals surface area (Å²) in [5.74, 6) is -3.05. The van der Waals surface area contributed by atoms with Gasteiger partial charge in [-0.1, -0.05) is 0 Å². The Bertz CT molecular complexity index is 1110. The largest absolute Gasteiger partial charge is 0.428 e. The molecule has 2 aromatic heterocycles. The average molecular weight is 453 g/mol. The van der Waals surface area contributed by atoms with Crippen molar-refractivity contribution in [2.75, 3.05) is 0 Å². The number of halogens is 4. The third-order valence-corrected chi connectivity index (χ3v) is 6.17. The molecule has 0 saturated heterocycles. The number of benzene rings is 2. The first-order valence-corrected chi connectivity index (χ1v) is 10.4. The molecule has 5 nitrogen and oxygen atoms in total. The summed E-state index contributed by atoms with van der Waals surface area (Å²) in [6.45, 7) is 0. The zero-order chi connectivity index (χ0) is 21.4. The molecular formula is C19H11F4N3O2S2. The molecule has 0 unspecified atom stereocenters. The van der Waals surface area contributed by atoms with Crippen molar-refractivity contribution in [3.05, 3.63) is 78.1 Å². The first-order valence-electron chi connectivity index (χ1n) is 8.26. The second-order valence-electron chi connectivity index (χ2n) is 6.15. The van der Waals surface area contributed by atoms with Crippen LogP contribution in [-0.2, 0) is 0 Å². The molecule has 2 N–H and O–H groups in total. The molecule has 0 aliphatic rings. The van der Waals surface area contributed by atoms with E-state index in [4.69, 9.17) is 0 Å². The minimum atomic E-state index is -0.777. The smallest absolute Gasteiger partial charge is 0.214 e. The van der Waals surface area contributed by atoms with E-state index in [1.807, 2.05) is 0 Å². The Labute approximate surface area is 174 Å². The highest BCUT2D eigenvalue weighted by Crippen LogP contribution is 2.39. The van der Waals surface area contributed by atoms with Crippen LogP contribution in [0.4, 0.5) is 17.6 Å². The molecule has 4 rings (SSSR count). The maximum absolute atomic E-state index is 13.4. The Kier molecular flexibility index (Phi) is 5.39. The van der Waals surface area contributed by atoms with Crippen molar-refractivity contribution in [2.24, 2.45) is 0 Å². The van der Waals surface area contributed by atoms with E-state index in [1.54, 1.807) is 0 Å². The van der Waals surface area contributed by atoms with Gasteiger partial charge in [-0.2, -0.15) is 9.46 Å². The van der Waals surface area contributed by atoms with Crippen molar-refractivity contribution >= 4 is 21.6 Å². The fourth-order valence-electron chi connectivity index (χ4n) is 2.70. The van der Waals surface area contributed by atoms with Gasteiger partial charge in [-0.3, -0.25) is 0 Å². The summed E-state index contributed by atoms with van der Waals surface area (Å²) in [7, 11) is 1.96. The highest BCUT2D eigenvalue weighted by Gasteiger charge is 2.15. The molecule has 30 heavy (non-hydrogen) atoms. The molecule has 0 aliphatic heterocycles. The van der Waals surface area contributed by atoms with E-state index in [2.05, 4.69) is 4.98 Å². The highest BCUT2D eigenvalue weighted by atomic mass is 33.1. The zero-order valence-corrected chi connectivity index (χ0v) is 16.4. The van der Waals surface area contributed by atoms with Gasteiger partial charge in [-0.15, -0.1) is 0 Å². The molecule has 0 atom stereocenters. The monoisotopic (exact) mass is 453 g/mol. The van der Waals surface area contributed by atoms with Crippen LogP contribution in [-0.4, -0.2) is 24.9 Å². The van der Waals surface area contributed by atoms with Crippen LogP contribution in [0.15, 0.2) is 65.0 Å². The van der Waals surface area contributed by atoms with Gasteiger partial charge in [0.05, 0.1) is 18.1 Å². The Balaban J connectivity index is 1.54. The van der Waals surface area contributed by atoms with Gasteiger partial charge in [-0.05, 0) is 57.5 Å². The summed E-state index contributed by atoms with van der Waals surface area (Å²) < 4.78 is 55.1. The van der Waals surface area contributed by atoms with E-state index in [9.17, 15) is 28.0 Å². The fourth-order valence-corrected chi connectivity index (χ4v) is 4.63. The maximum atomic E-state index is 13.4. The topological polar surface area (TPSA) is 63.2 Å². The third-order valence-electron chi connectivity index (χ3n) is 3.98. The zero-order valence-electron chi connectivity index (χ0n) is 14.8. The first-order chi connectivity index (χ1) is 14.3. The number of nitrogens with zero attached hydrogens (tertiary/aromatic N) is 3.